The normalized spacial score (nSPS) is 11.6. The summed E-state index contributed by atoms with van der Waals surface area (Å²) in [4.78, 5) is 21.4. The summed E-state index contributed by atoms with van der Waals surface area (Å²) in [6.45, 7) is 9.15. The minimum atomic E-state index is -0.0773. The van der Waals surface area contributed by atoms with Crippen LogP contribution in [0.3, 0.4) is 0 Å². The number of nitrogens with one attached hydrogen (secondary N) is 2. The summed E-state index contributed by atoms with van der Waals surface area (Å²) in [7, 11) is 0. The first-order valence-electron chi connectivity index (χ1n) is 8.90. The molecule has 0 aliphatic heterocycles. The van der Waals surface area contributed by atoms with Crippen LogP contribution in [0.4, 0.5) is 11.6 Å². The van der Waals surface area contributed by atoms with Crippen LogP contribution < -0.4 is 10.6 Å². The molecular weight excluding hydrogens is 460 g/mol. The van der Waals surface area contributed by atoms with Gasteiger partial charge < -0.3 is 10.6 Å². The molecule has 2 heterocycles. The van der Waals surface area contributed by atoms with Crippen molar-refractivity contribution >= 4 is 60.4 Å². The van der Waals surface area contributed by atoms with Crippen LogP contribution in [0.25, 0.3) is 11.0 Å². The number of carbonyl (C=O) groups is 1. The lowest BCUT2D eigenvalue weighted by Crippen LogP contribution is -2.20. The van der Waals surface area contributed by atoms with E-state index in [1.54, 1.807) is 0 Å². The molecule has 1 amide bonds. The van der Waals surface area contributed by atoms with Gasteiger partial charge in [-0.3, -0.25) is 4.79 Å². The number of halogens is 2. The van der Waals surface area contributed by atoms with E-state index in [0.29, 0.717) is 17.9 Å². The Morgan fingerprint density at radius 2 is 1.69 bits per heavy atom. The summed E-state index contributed by atoms with van der Waals surface area (Å²) in [5.41, 5.74) is 0.520. The van der Waals surface area contributed by atoms with Crippen LogP contribution in [0.5, 0.6) is 0 Å². The number of carbonyl (C=O) groups excluding carboxylic acids is 1. The van der Waals surface area contributed by atoms with Crippen LogP contribution in [0, 0.1) is 5.41 Å². The molecule has 0 fully saturated rings. The Morgan fingerprint density at radius 3 is 2.31 bits per heavy atom. The van der Waals surface area contributed by atoms with E-state index in [1.165, 1.54) is 12.8 Å². The predicted octanol–water partition coefficient (Wildman–Crippen LogP) is 6.13. The highest BCUT2D eigenvalue weighted by Crippen LogP contribution is 2.30. The fourth-order valence-electron chi connectivity index (χ4n) is 2.50. The third kappa shape index (κ3) is 6.20. The molecule has 0 spiro atoms. The van der Waals surface area contributed by atoms with Crippen molar-refractivity contribution < 1.29 is 4.79 Å². The van der Waals surface area contributed by atoms with Gasteiger partial charge in [-0.05, 0) is 55.8 Å². The van der Waals surface area contributed by atoms with Crippen LogP contribution in [-0.2, 0) is 4.79 Å². The molecule has 7 heteroatoms. The maximum absolute atomic E-state index is 12.2. The van der Waals surface area contributed by atoms with Crippen LogP contribution >= 0.6 is 31.9 Å². The van der Waals surface area contributed by atoms with Crippen molar-refractivity contribution in [3.8, 4) is 0 Å². The third-order valence-electron chi connectivity index (χ3n) is 3.73. The standard InChI is InChI=1S/C19H26Br2N4O/c1-5-6-7-8-22-17-13(20)9-12-10-14(21)18(25-16(12)24-17)23-15(26)11-19(2,3)4/h9-10H,5-8,11H2,1-4H3,(H2,22,23,24,25,26). The molecule has 2 aromatic rings. The zero-order valence-electron chi connectivity index (χ0n) is 15.7. The van der Waals surface area contributed by atoms with Gasteiger partial charge in [0.05, 0.1) is 8.95 Å². The van der Waals surface area contributed by atoms with Crippen molar-refractivity contribution in [2.45, 2.75) is 53.4 Å². The van der Waals surface area contributed by atoms with Gasteiger partial charge in [-0.25, -0.2) is 9.97 Å². The highest BCUT2D eigenvalue weighted by atomic mass is 79.9. The van der Waals surface area contributed by atoms with Gasteiger partial charge >= 0.3 is 0 Å². The van der Waals surface area contributed by atoms with Gasteiger partial charge in [0.2, 0.25) is 5.91 Å². The predicted molar refractivity (Wildman–Crippen MR) is 116 cm³/mol. The monoisotopic (exact) mass is 484 g/mol. The zero-order chi connectivity index (χ0) is 19.3. The number of nitrogens with zero attached hydrogens (tertiary/aromatic N) is 2. The SMILES string of the molecule is CCCCCNc1nc2nc(NC(=O)CC(C)(C)C)c(Br)cc2cc1Br. The molecule has 2 N–H and O–H groups in total. The maximum Gasteiger partial charge on any atom is 0.226 e. The number of pyridine rings is 2. The quantitative estimate of drug-likeness (QED) is 0.462. The molecule has 0 aliphatic carbocycles. The average molecular weight is 486 g/mol. The van der Waals surface area contributed by atoms with Gasteiger partial charge in [0, 0.05) is 18.4 Å². The van der Waals surface area contributed by atoms with Crippen molar-refractivity contribution in [2.24, 2.45) is 5.41 Å². The van der Waals surface area contributed by atoms with E-state index < -0.39 is 0 Å². The lowest BCUT2D eigenvalue weighted by molar-refractivity contribution is -0.117. The highest BCUT2D eigenvalue weighted by Gasteiger charge is 2.18. The maximum atomic E-state index is 12.2. The molecule has 5 nitrogen and oxygen atoms in total. The first kappa shape index (κ1) is 21.1. The smallest absolute Gasteiger partial charge is 0.226 e. The number of unbranched alkanes of at least 4 members (excludes halogenated alkanes) is 2. The van der Waals surface area contributed by atoms with Gasteiger partial charge in [0.15, 0.2) is 5.65 Å². The van der Waals surface area contributed by atoms with Gasteiger partial charge in [-0.2, -0.15) is 0 Å². The van der Waals surface area contributed by atoms with Crippen LogP contribution in [0.1, 0.15) is 53.4 Å². The Labute approximate surface area is 172 Å². The Hall–Kier alpha value is -1.21. The number of aromatic nitrogens is 2. The summed E-state index contributed by atoms with van der Waals surface area (Å²) >= 11 is 7.06. The minimum Gasteiger partial charge on any atom is -0.369 e. The molecule has 142 valence electrons. The number of amides is 1. The fourth-order valence-corrected chi connectivity index (χ4v) is 3.41. The summed E-state index contributed by atoms with van der Waals surface area (Å²) in [6.07, 6.45) is 3.90. The molecule has 0 radical (unpaired) electrons. The number of anilines is 2. The van der Waals surface area contributed by atoms with Crippen molar-refractivity contribution in [3.05, 3.63) is 21.1 Å². The Morgan fingerprint density at radius 1 is 1.08 bits per heavy atom. The van der Waals surface area contributed by atoms with Gasteiger partial charge in [-0.1, -0.05) is 40.5 Å². The van der Waals surface area contributed by atoms with E-state index in [4.69, 9.17) is 0 Å². The molecule has 0 aliphatic rings. The van der Waals surface area contributed by atoms with Crippen LogP contribution in [0.2, 0.25) is 0 Å². The summed E-state index contributed by atoms with van der Waals surface area (Å²) in [5, 5.41) is 7.13. The van der Waals surface area contributed by atoms with Gasteiger partial charge in [0.1, 0.15) is 11.6 Å². The second kappa shape index (κ2) is 9.13. The molecule has 0 unspecified atom stereocenters. The zero-order valence-corrected chi connectivity index (χ0v) is 18.9. The summed E-state index contributed by atoms with van der Waals surface area (Å²) < 4.78 is 1.64. The summed E-state index contributed by atoms with van der Waals surface area (Å²) in [6, 6.07) is 3.91. The minimum absolute atomic E-state index is 0.0555. The number of rotatable bonds is 7. The lowest BCUT2D eigenvalue weighted by atomic mass is 9.92. The van der Waals surface area contributed by atoms with E-state index in [2.05, 4.69) is 59.4 Å². The first-order valence-corrected chi connectivity index (χ1v) is 10.5. The van der Waals surface area contributed by atoms with Crippen LogP contribution in [-0.4, -0.2) is 22.4 Å². The average Bonchev–Trinajstić information content (AvgIpc) is 2.51. The number of hydrogen-bond donors (Lipinski definition) is 2. The fraction of sp³-hybridized carbons (Fsp3) is 0.526. The summed E-state index contributed by atoms with van der Waals surface area (Å²) in [5.74, 6) is 1.22. The van der Waals surface area contributed by atoms with Crippen LogP contribution in [0.15, 0.2) is 21.1 Å². The van der Waals surface area contributed by atoms with E-state index in [-0.39, 0.29) is 11.3 Å². The van der Waals surface area contributed by atoms with E-state index >= 15 is 0 Å². The van der Waals surface area contributed by atoms with Crippen molar-refractivity contribution in [3.63, 3.8) is 0 Å². The lowest BCUT2D eigenvalue weighted by Gasteiger charge is -2.17. The molecule has 2 rings (SSSR count). The molecule has 26 heavy (non-hydrogen) atoms. The first-order chi connectivity index (χ1) is 12.2. The molecular formula is C19H26Br2N4O. The third-order valence-corrected chi connectivity index (χ3v) is 4.94. The molecule has 0 bridgehead atoms. The molecule has 0 aromatic carbocycles. The molecule has 2 aromatic heterocycles. The van der Waals surface area contributed by atoms with Crippen molar-refractivity contribution in [1.29, 1.82) is 0 Å². The number of hydrogen-bond acceptors (Lipinski definition) is 4. The second-order valence-corrected chi connectivity index (χ2v) is 9.31. The van der Waals surface area contributed by atoms with Gasteiger partial charge in [-0.15, -0.1) is 0 Å². The van der Waals surface area contributed by atoms with E-state index in [0.717, 1.165) is 33.1 Å². The Bertz CT molecular complexity index is 787. The molecule has 0 saturated carbocycles. The molecule has 0 saturated heterocycles. The van der Waals surface area contributed by atoms with Crippen molar-refractivity contribution in [2.75, 3.05) is 17.2 Å². The highest BCUT2D eigenvalue weighted by molar-refractivity contribution is 9.11. The largest absolute Gasteiger partial charge is 0.369 e. The number of fused-ring (bicyclic) bond motifs is 1. The van der Waals surface area contributed by atoms with Gasteiger partial charge in [0.25, 0.3) is 0 Å². The Balaban J connectivity index is 2.23. The topological polar surface area (TPSA) is 66.9 Å². The second-order valence-electron chi connectivity index (χ2n) is 7.60. The molecule has 0 atom stereocenters. The Kier molecular flexibility index (Phi) is 7.41. The van der Waals surface area contributed by atoms with E-state index in [1.807, 2.05) is 32.9 Å². The van der Waals surface area contributed by atoms with Crippen molar-refractivity contribution in [1.82, 2.24) is 9.97 Å². The van der Waals surface area contributed by atoms with E-state index in [9.17, 15) is 4.79 Å².